The molecule has 1 unspecified atom stereocenters. The number of hydrogen-bond acceptors (Lipinski definition) is 1. The van der Waals surface area contributed by atoms with E-state index >= 15 is 0 Å². The summed E-state index contributed by atoms with van der Waals surface area (Å²) in [6, 6.07) is 11.2. The van der Waals surface area contributed by atoms with Gasteiger partial charge in [-0.05, 0) is 31.4 Å². The Labute approximate surface area is 99.6 Å². The Hall–Kier alpha value is -1.08. The van der Waals surface area contributed by atoms with E-state index in [4.69, 9.17) is 0 Å². The SMILES string of the molecule is C=C(CC)CC(Cc1ccccc1)NCC. The van der Waals surface area contributed by atoms with Crippen molar-refractivity contribution in [3.05, 3.63) is 48.0 Å². The first kappa shape index (κ1) is 13.0. The van der Waals surface area contributed by atoms with E-state index < -0.39 is 0 Å². The van der Waals surface area contributed by atoms with E-state index in [1.165, 1.54) is 11.1 Å². The molecular formula is C15H23N. The zero-order valence-corrected chi connectivity index (χ0v) is 10.5. The second-order valence-electron chi connectivity index (χ2n) is 4.25. The third-order valence-corrected chi connectivity index (χ3v) is 2.85. The van der Waals surface area contributed by atoms with Gasteiger partial charge in [-0.25, -0.2) is 0 Å². The highest BCUT2D eigenvalue weighted by molar-refractivity contribution is 5.16. The summed E-state index contributed by atoms with van der Waals surface area (Å²) in [4.78, 5) is 0. The highest BCUT2D eigenvalue weighted by atomic mass is 14.9. The van der Waals surface area contributed by atoms with Gasteiger partial charge in [-0.2, -0.15) is 0 Å². The first-order valence-corrected chi connectivity index (χ1v) is 6.20. The molecule has 1 nitrogen and oxygen atoms in total. The van der Waals surface area contributed by atoms with Crippen molar-refractivity contribution in [3.63, 3.8) is 0 Å². The zero-order chi connectivity index (χ0) is 11.8. The number of benzene rings is 1. The maximum atomic E-state index is 4.10. The summed E-state index contributed by atoms with van der Waals surface area (Å²) in [7, 11) is 0. The van der Waals surface area contributed by atoms with Gasteiger partial charge in [0.2, 0.25) is 0 Å². The van der Waals surface area contributed by atoms with Gasteiger partial charge in [-0.1, -0.05) is 56.3 Å². The van der Waals surface area contributed by atoms with Crippen LogP contribution in [0.15, 0.2) is 42.5 Å². The summed E-state index contributed by atoms with van der Waals surface area (Å²) in [6.07, 6.45) is 3.25. The molecular weight excluding hydrogens is 194 g/mol. The van der Waals surface area contributed by atoms with E-state index in [9.17, 15) is 0 Å². The number of likely N-dealkylation sites (N-methyl/N-ethyl adjacent to an activating group) is 1. The molecule has 1 atom stereocenters. The van der Waals surface area contributed by atoms with Gasteiger partial charge in [0.1, 0.15) is 0 Å². The van der Waals surface area contributed by atoms with Gasteiger partial charge in [0, 0.05) is 6.04 Å². The lowest BCUT2D eigenvalue weighted by atomic mass is 9.98. The van der Waals surface area contributed by atoms with E-state index in [1.807, 2.05) is 0 Å². The van der Waals surface area contributed by atoms with Crippen molar-refractivity contribution in [3.8, 4) is 0 Å². The van der Waals surface area contributed by atoms with Gasteiger partial charge in [-0.3, -0.25) is 0 Å². The molecule has 0 saturated carbocycles. The van der Waals surface area contributed by atoms with Crippen molar-refractivity contribution in [2.45, 2.75) is 39.2 Å². The lowest BCUT2D eigenvalue weighted by Gasteiger charge is -2.18. The van der Waals surface area contributed by atoms with Crippen LogP contribution in [0.5, 0.6) is 0 Å². The Morgan fingerprint density at radius 1 is 1.25 bits per heavy atom. The first-order chi connectivity index (χ1) is 7.76. The van der Waals surface area contributed by atoms with Crippen LogP contribution < -0.4 is 5.32 Å². The zero-order valence-electron chi connectivity index (χ0n) is 10.5. The molecule has 0 aliphatic carbocycles. The molecule has 0 amide bonds. The van der Waals surface area contributed by atoms with Gasteiger partial charge in [0.25, 0.3) is 0 Å². The highest BCUT2D eigenvalue weighted by Crippen LogP contribution is 2.12. The van der Waals surface area contributed by atoms with Gasteiger partial charge < -0.3 is 5.32 Å². The van der Waals surface area contributed by atoms with Crippen LogP contribution in [0.1, 0.15) is 32.3 Å². The molecule has 1 aromatic carbocycles. The molecule has 0 heterocycles. The molecule has 0 radical (unpaired) electrons. The van der Waals surface area contributed by atoms with E-state index in [-0.39, 0.29) is 0 Å². The Morgan fingerprint density at radius 3 is 2.50 bits per heavy atom. The standard InChI is InChI=1S/C15H23N/c1-4-13(3)11-15(16-5-2)12-14-9-7-6-8-10-14/h6-10,15-16H,3-5,11-12H2,1-2H3. The van der Waals surface area contributed by atoms with Gasteiger partial charge in [-0.15, -0.1) is 0 Å². The van der Waals surface area contributed by atoms with Gasteiger partial charge in [0.05, 0.1) is 0 Å². The number of rotatable bonds is 7. The largest absolute Gasteiger partial charge is 0.314 e. The van der Waals surface area contributed by atoms with Crippen LogP contribution in [-0.4, -0.2) is 12.6 Å². The van der Waals surface area contributed by atoms with Crippen molar-refractivity contribution in [2.24, 2.45) is 0 Å². The molecule has 1 N–H and O–H groups in total. The molecule has 0 spiro atoms. The summed E-state index contributed by atoms with van der Waals surface area (Å²) in [5.41, 5.74) is 2.74. The molecule has 16 heavy (non-hydrogen) atoms. The van der Waals surface area contributed by atoms with Gasteiger partial charge in [0.15, 0.2) is 0 Å². The molecule has 0 saturated heterocycles. The highest BCUT2D eigenvalue weighted by Gasteiger charge is 2.08. The fraction of sp³-hybridized carbons (Fsp3) is 0.467. The molecule has 88 valence electrons. The van der Waals surface area contributed by atoms with Crippen LogP contribution in [-0.2, 0) is 6.42 Å². The molecule has 0 bridgehead atoms. The predicted octanol–water partition coefficient (Wildman–Crippen LogP) is 3.56. The molecule has 0 aliphatic heterocycles. The van der Waals surface area contributed by atoms with Crippen molar-refractivity contribution >= 4 is 0 Å². The quantitative estimate of drug-likeness (QED) is 0.689. The minimum absolute atomic E-state index is 0.528. The minimum atomic E-state index is 0.528. The fourth-order valence-corrected chi connectivity index (χ4v) is 1.90. The lowest BCUT2D eigenvalue weighted by molar-refractivity contribution is 0.516. The van der Waals surface area contributed by atoms with E-state index in [0.717, 1.165) is 25.8 Å². The Morgan fingerprint density at radius 2 is 1.94 bits per heavy atom. The van der Waals surface area contributed by atoms with Crippen LogP contribution in [0.4, 0.5) is 0 Å². The summed E-state index contributed by atoms with van der Waals surface area (Å²) >= 11 is 0. The summed E-state index contributed by atoms with van der Waals surface area (Å²) < 4.78 is 0. The molecule has 1 heteroatoms. The topological polar surface area (TPSA) is 12.0 Å². The fourth-order valence-electron chi connectivity index (χ4n) is 1.90. The van der Waals surface area contributed by atoms with Crippen molar-refractivity contribution < 1.29 is 0 Å². The van der Waals surface area contributed by atoms with Crippen molar-refractivity contribution in [2.75, 3.05) is 6.54 Å². The molecule has 0 aromatic heterocycles. The molecule has 0 aliphatic rings. The monoisotopic (exact) mass is 217 g/mol. The Bertz CT molecular complexity index is 302. The summed E-state index contributed by atoms with van der Waals surface area (Å²) in [5, 5.41) is 3.54. The molecule has 1 rings (SSSR count). The van der Waals surface area contributed by atoms with Crippen LogP contribution in [0.25, 0.3) is 0 Å². The Balaban J connectivity index is 2.54. The smallest absolute Gasteiger partial charge is 0.0144 e. The molecule has 0 fully saturated rings. The Kier molecular flexibility index (Phi) is 5.87. The van der Waals surface area contributed by atoms with Crippen LogP contribution in [0, 0.1) is 0 Å². The second kappa shape index (κ2) is 7.24. The maximum absolute atomic E-state index is 4.10. The average Bonchev–Trinajstić information content (AvgIpc) is 2.30. The van der Waals surface area contributed by atoms with Crippen molar-refractivity contribution in [1.29, 1.82) is 0 Å². The predicted molar refractivity (Wildman–Crippen MR) is 71.7 cm³/mol. The molecule has 1 aromatic rings. The third kappa shape index (κ3) is 4.63. The first-order valence-electron chi connectivity index (χ1n) is 6.20. The number of nitrogens with one attached hydrogen (secondary N) is 1. The minimum Gasteiger partial charge on any atom is -0.314 e. The second-order valence-corrected chi connectivity index (χ2v) is 4.25. The summed E-state index contributed by atoms with van der Waals surface area (Å²) in [5.74, 6) is 0. The van der Waals surface area contributed by atoms with E-state index in [0.29, 0.717) is 6.04 Å². The van der Waals surface area contributed by atoms with E-state index in [2.05, 4.69) is 56.1 Å². The summed E-state index contributed by atoms with van der Waals surface area (Å²) in [6.45, 7) is 9.45. The third-order valence-electron chi connectivity index (χ3n) is 2.85. The normalized spacial score (nSPS) is 12.4. The van der Waals surface area contributed by atoms with E-state index in [1.54, 1.807) is 0 Å². The van der Waals surface area contributed by atoms with Crippen molar-refractivity contribution in [1.82, 2.24) is 5.32 Å². The van der Waals surface area contributed by atoms with Crippen LogP contribution in [0.2, 0.25) is 0 Å². The van der Waals surface area contributed by atoms with Crippen LogP contribution >= 0.6 is 0 Å². The van der Waals surface area contributed by atoms with Gasteiger partial charge >= 0.3 is 0 Å². The average molecular weight is 217 g/mol. The van der Waals surface area contributed by atoms with Crippen LogP contribution in [0.3, 0.4) is 0 Å². The lowest BCUT2D eigenvalue weighted by Crippen LogP contribution is -2.31. The number of hydrogen-bond donors (Lipinski definition) is 1. The maximum Gasteiger partial charge on any atom is 0.0144 e.